The topological polar surface area (TPSA) is 66.0 Å². The van der Waals surface area contributed by atoms with Gasteiger partial charge in [0, 0.05) is 13.7 Å². The molecule has 15 heavy (non-hydrogen) atoms. The van der Waals surface area contributed by atoms with Gasteiger partial charge in [-0.3, -0.25) is 0 Å². The summed E-state index contributed by atoms with van der Waals surface area (Å²) in [5.41, 5.74) is 7.02. The average molecular weight is 228 g/mol. The first-order chi connectivity index (χ1) is 7.06. The molecule has 1 aromatic rings. The van der Waals surface area contributed by atoms with E-state index in [1.165, 1.54) is 0 Å². The molecule has 1 heterocycles. The number of aromatic nitrogens is 3. The van der Waals surface area contributed by atoms with E-state index in [9.17, 15) is 0 Å². The van der Waals surface area contributed by atoms with Crippen LogP contribution in [-0.4, -0.2) is 33.7 Å². The standard InChI is InChI=1S/C9H16N4OS/c1-6(5-14-3)4-13-7(2)8(9(10)15)11-12-13/h6H,4-5H2,1-3H3,(H2,10,15). The van der Waals surface area contributed by atoms with Crippen LogP contribution in [0.5, 0.6) is 0 Å². The fraction of sp³-hybridized carbons (Fsp3) is 0.667. The highest BCUT2D eigenvalue weighted by Gasteiger charge is 2.12. The molecule has 0 bridgehead atoms. The number of nitrogens with zero attached hydrogens (tertiary/aromatic N) is 3. The molecular weight excluding hydrogens is 212 g/mol. The van der Waals surface area contributed by atoms with Crippen LogP contribution >= 0.6 is 12.2 Å². The Labute approximate surface area is 94.6 Å². The molecule has 0 radical (unpaired) electrons. The SMILES string of the molecule is COCC(C)Cn1nnc(C(N)=S)c1C. The molecule has 0 aliphatic carbocycles. The van der Waals surface area contributed by atoms with Crippen LogP contribution in [-0.2, 0) is 11.3 Å². The van der Waals surface area contributed by atoms with Gasteiger partial charge in [-0.05, 0) is 12.8 Å². The summed E-state index contributed by atoms with van der Waals surface area (Å²) in [5.74, 6) is 0.384. The highest BCUT2D eigenvalue weighted by molar-refractivity contribution is 7.80. The summed E-state index contributed by atoms with van der Waals surface area (Å²) in [6.07, 6.45) is 0. The third-order valence-electron chi connectivity index (χ3n) is 2.15. The lowest BCUT2D eigenvalue weighted by molar-refractivity contribution is 0.148. The van der Waals surface area contributed by atoms with Crippen LogP contribution in [0.2, 0.25) is 0 Å². The molecule has 0 amide bonds. The number of ether oxygens (including phenoxy) is 1. The van der Waals surface area contributed by atoms with E-state index in [4.69, 9.17) is 22.7 Å². The fourth-order valence-corrected chi connectivity index (χ4v) is 1.58. The maximum atomic E-state index is 5.51. The summed E-state index contributed by atoms with van der Waals surface area (Å²) in [6.45, 7) is 5.45. The number of thiocarbonyl (C=S) groups is 1. The van der Waals surface area contributed by atoms with E-state index in [2.05, 4.69) is 17.2 Å². The first-order valence-corrected chi connectivity index (χ1v) is 5.16. The summed E-state index contributed by atoms with van der Waals surface area (Å²) in [5, 5.41) is 7.94. The molecule has 0 aliphatic heterocycles. The Morgan fingerprint density at radius 3 is 2.80 bits per heavy atom. The lowest BCUT2D eigenvalue weighted by atomic mass is 10.2. The first kappa shape index (κ1) is 12.1. The van der Waals surface area contributed by atoms with Crippen molar-refractivity contribution < 1.29 is 4.74 Å². The Morgan fingerprint density at radius 2 is 2.33 bits per heavy atom. The van der Waals surface area contributed by atoms with Crippen LogP contribution in [0.25, 0.3) is 0 Å². The smallest absolute Gasteiger partial charge is 0.142 e. The van der Waals surface area contributed by atoms with Crippen molar-refractivity contribution in [1.82, 2.24) is 15.0 Å². The third-order valence-corrected chi connectivity index (χ3v) is 2.35. The molecule has 1 atom stereocenters. The monoisotopic (exact) mass is 228 g/mol. The van der Waals surface area contributed by atoms with Crippen molar-refractivity contribution in [1.29, 1.82) is 0 Å². The lowest BCUT2D eigenvalue weighted by Gasteiger charge is -2.10. The zero-order valence-corrected chi connectivity index (χ0v) is 10.0. The summed E-state index contributed by atoms with van der Waals surface area (Å²) in [4.78, 5) is 0.290. The molecule has 1 aromatic heterocycles. The second-order valence-electron chi connectivity index (χ2n) is 3.63. The van der Waals surface area contributed by atoms with Crippen LogP contribution in [0, 0.1) is 12.8 Å². The zero-order valence-electron chi connectivity index (χ0n) is 9.23. The molecule has 0 fully saturated rings. The van der Waals surface area contributed by atoms with Gasteiger partial charge in [0.15, 0.2) is 0 Å². The van der Waals surface area contributed by atoms with E-state index < -0.39 is 0 Å². The van der Waals surface area contributed by atoms with E-state index in [1.54, 1.807) is 11.8 Å². The summed E-state index contributed by atoms with van der Waals surface area (Å²) in [6, 6.07) is 0. The second kappa shape index (κ2) is 5.18. The van der Waals surface area contributed by atoms with Crippen LogP contribution in [0.1, 0.15) is 18.3 Å². The van der Waals surface area contributed by atoms with Gasteiger partial charge >= 0.3 is 0 Å². The van der Waals surface area contributed by atoms with Crippen molar-refractivity contribution in [3.8, 4) is 0 Å². The van der Waals surface area contributed by atoms with Gasteiger partial charge < -0.3 is 10.5 Å². The quantitative estimate of drug-likeness (QED) is 0.744. The normalized spacial score (nSPS) is 12.7. The summed E-state index contributed by atoms with van der Waals surface area (Å²) >= 11 is 4.86. The molecule has 0 aromatic carbocycles. The number of nitrogens with two attached hydrogens (primary N) is 1. The van der Waals surface area contributed by atoms with Crippen molar-refractivity contribution in [3.63, 3.8) is 0 Å². The van der Waals surface area contributed by atoms with Crippen LogP contribution in [0.15, 0.2) is 0 Å². The van der Waals surface area contributed by atoms with Crippen molar-refractivity contribution in [2.45, 2.75) is 20.4 Å². The van der Waals surface area contributed by atoms with Crippen LogP contribution < -0.4 is 5.73 Å². The summed E-state index contributed by atoms with van der Waals surface area (Å²) < 4.78 is 6.86. The molecule has 6 heteroatoms. The van der Waals surface area contributed by atoms with Gasteiger partial charge in [-0.2, -0.15) is 0 Å². The number of methoxy groups -OCH3 is 1. The van der Waals surface area contributed by atoms with E-state index in [0.29, 0.717) is 18.2 Å². The van der Waals surface area contributed by atoms with E-state index >= 15 is 0 Å². The Morgan fingerprint density at radius 1 is 1.67 bits per heavy atom. The van der Waals surface area contributed by atoms with Gasteiger partial charge in [-0.25, -0.2) is 4.68 Å². The van der Waals surface area contributed by atoms with Gasteiger partial charge in [-0.1, -0.05) is 24.4 Å². The molecule has 2 N–H and O–H groups in total. The van der Waals surface area contributed by atoms with Gasteiger partial charge in [-0.15, -0.1) is 5.10 Å². The molecule has 0 aliphatic rings. The van der Waals surface area contributed by atoms with Gasteiger partial charge in [0.2, 0.25) is 0 Å². The minimum Gasteiger partial charge on any atom is -0.388 e. The van der Waals surface area contributed by atoms with Crippen molar-refractivity contribution in [3.05, 3.63) is 11.4 Å². The molecule has 0 saturated carbocycles. The largest absolute Gasteiger partial charge is 0.388 e. The first-order valence-electron chi connectivity index (χ1n) is 4.75. The Balaban J connectivity index is 2.74. The maximum Gasteiger partial charge on any atom is 0.142 e. The Kier molecular flexibility index (Phi) is 4.16. The van der Waals surface area contributed by atoms with Gasteiger partial charge in [0.25, 0.3) is 0 Å². The number of rotatable bonds is 5. The molecule has 0 saturated heterocycles. The highest BCUT2D eigenvalue weighted by atomic mass is 32.1. The van der Waals surface area contributed by atoms with Gasteiger partial charge in [0.1, 0.15) is 10.7 Å². The maximum absolute atomic E-state index is 5.51. The van der Waals surface area contributed by atoms with Crippen LogP contribution in [0.4, 0.5) is 0 Å². The van der Waals surface area contributed by atoms with Gasteiger partial charge in [0.05, 0.1) is 12.3 Å². The minimum absolute atomic E-state index is 0.290. The Bertz CT molecular complexity index is 350. The van der Waals surface area contributed by atoms with Crippen molar-refractivity contribution >= 4 is 17.2 Å². The predicted molar refractivity (Wildman–Crippen MR) is 61.7 cm³/mol. The average Bonchev–Trinajstić information content (AvgIpc) is 2.48. The molecule has 1 unspecified atom stereocenters. The third kappa shape index (κ3) is 2.97. The van der Waals surface area contributed by atoms with E-state index in [1.807, 2.05) is 6.92 Å². The molecular formula is C9H16N4OS. The zero-order chi connectivity index (χ0) is 11.4. The Hall–Kier alpha value is -1.01. The molecule has 84 valence electrons. The van der Waals surface area contributed by atoms with Crippen molar-refractivity contribution in [2.75, 3.05) is 13.7 Å². The van der Waals surface area contributed by atoms with Crippen molar-refractivity contribution in [2.24, 2.45) is 11.7 Å². The molecule has 5 nitrogen and oxygen atoms in total. The molecule has 0 spiro atoms. The summed E-state index contributed by atoms with van der Waals surface area (Å²) in [7, 11) is 1.69. The lowest BCUT2D eigenvalue weighted by Crippen LogP contribution is -2.16. The van der Waals surface area contributed by atoms with E-state index in [0.717, 1.165) is 12.2 Å². The number of hydrogen-bond donors (Lipinski definition) is 1. The molecule has 1 rings (SSSR count). The van der Waals surface area contributed by atoms with Crippen LogP contribution in [0.3, 0.4) is 0 Å². The fourth-order valence-electron chi connectivity index (χ4n) is 1.39. The number of hydrogen-bond acceptors (Lipinski definition) is 4. The highest BCUT2D eigenvalue weighted by Crippen LogP contribution is 2.07. The minimum atomic E-state index is 0.290. The van der Waals surface area contributed by atoms with E-state index in [-0.39, 0.29) is 4.99 Å². The second-order valence-corrected chi connectivity index (χ2v) is 4.07. The predicted octanol–water partition coefficient (Wildman–Crippen LogP) is 0.503.